The molecule has 15 heavy (non-hydrogen) atoms. The minimum atomic E-state index is 0.358. The van der Waals surface area contributed by atoms with Gasteiger partial charge in [0.05, 0.1) is 0 Å². The monoisotopic (exact) mass is 204 g/mol. The van der Waals surface area contributed by atoms with E-state index in [9.17, 15) is 0 Å². The van der Waals surface area contributed by atoms with Gasteiger partial charge in [-0.15, -0.1) is 0 Å². The highest BCUT2D eigenvalue weighted by Gasteiger charge is 2.20. The van der Waals surface area contributed by atoms with E-state index in [1.165, 1.54) is 11.1 Å². The summed E-state index contributed by atoms with van der Waals surface area (Å²) in [4.78, 5) is 0. The molecule has 3 nitrogen and oxygen atoms in total. The van der Waals surface area contributed by atoms with Crippen LogP contribution in [0.2, 0.25) is 0 Å². The Balaban J connectivity index is 1.82. The van der Waals surface area contributed by atoms with Crippen LogP contribution in [0.25, 0.3) is 0 Å². The zero-order valence-corrected chi connectivity index (χ0v) is 8.75. The lowest BCUT2D eigenvalue weighted by atomic mass is 10.1. The molecule has 0 aromatic heterocycles. The van der Waals surface area contributed by atoms with E-state index >= 15 is 0 Å². The van der Waals surface area contributed by atoms with Gasteiger partial charge >= 0.3 is 0 Å². The molecular weight excluding hydrogens is 188 g/mol. The Morgan fingerprint density at radius 3 is 3.07 bits per heavy atom. The van der Waals surface area contributed by atoms with Gasteiger partial charge in [0.2, 0.25) is 0 Å². The summed E-state index contributed by atoms with van der Waals surface area (Å²) in [5, 5.41) is 6.68. The third-order valence-corrected chi connectivity index (χ3v) is 3.16. The van der Waals surface area contributed by atoms with Gasteiger partial charge in [-0.3, -0.25) is 0 Å². The molecule has 2 aliphatic rings. The fraction of sp³-hybridized carbons (Fsp3) is 0.500. The van der Waals surface area contributed by atoms with Crippen LogP contribution in [-0.4, -0.2) is 19.2 Å². The molecule has 1 aromatic carbocycles. The van der Waals surface area contributed by atoms with E-state index in [1.54, 1.807) is 0 Å². The predicted octanol–water partition coefficient (Wildman–Crippen LogP) is 1.03. The standard InChI is InChI=1S/C12H16N2O/c1-2-9-6-14-8-11(9)12(3-1)15-10-4-5-13-7-10/h1-3,10,13-14H,4-8H2. The number of rotatable bonds is 2. The number of fused-ring (bicyclic) bond motifs is 1. The van der Waals surface area contributed by atoms with Crippen molar-refractivity contribution in [3.8, 4) is 5.75 Å². The molecule has 0 amide bonds. The molecule has 0 aliphatic carbocycles. The van der Waals surface area contributed by atoms with E-state index in [1.807, 2.05) is 0 Å². The summed E-state index contributed by atoms with van der Waals surface area (Å²) in [5.74, 6) is 1.08. The van der Waals surface area contributed by atoms with Gasteiger partial charge in [0.25, 0.3) is 0 Å². The lowest BCUT2D eigenvalue weighted by molar-refractivity contribution is 0.221. The minimum absolute atomic E-state index is 0.358. The number of hydrogen-bond donors (Lipinski definition) is 2. The van der Waals surface area contributed by atoms with E-state index in [4.69, 9.17) is 4.74 Å². The Labute approximate surface area is 89.8 Å². The van der Waals surface area contributed by atoms with Crippen molar-refractivity contribution < 1.29 is 4.74 Å². The van der Waals surface area contributed by atoms with Gasteiger partial charge in [-0.2, -0.15) is 0 Å². The first kappa shape index (κ1) is 9.19. The highest BCUT2D eigenvalue weighted by Crippen LogP contribution is 2.27. The van der Waals surface area contributed by atoms with Crippen molar-refractivity contribution >= 4 is 0 Å². The highest BCUT2D eigenvalue weighted by atomic mass is 16.5. The van der Waals surface area contributed by atoms with Gasteiger partial charge in [0, 0.05) is 25.2 Å². The summed E-state index contributed by atoms with van der Waals surface area (Å²) >= 11 is 0. The van der Waals surface area contributed by atoms with Gasteiger partial charge in [-0.1, -0.05) is 12.1 Å². The normalized spacial score (nSPS) is 24.1. The Hall–Kier alpha value is -1.06. The molecular formula is C12H16N2O. The fourth-order valence-electron chi connectivity index (χ4n) is 2.32. The summed E-state index contributed by atoms with van der Waals surface area (Å²) in [6.45, 7) is 4.00. The van der Waals surface area contributed by atoms with Crippen molar-refractivity contribution in [1.82, 2.24) is 10.6 Å². The second kappa shape index (κ2) is 3.83. The van der Waals surface area contributed by atoms with Crippen molar-refractivity contribution in [2.75, 3.05) is 13.1 Å². The number of benzene rings is 1. The number of nitrogens with one attached hydrogen (secondary N) is 2. The van der Waals surface area contributed by atoms with Gasteiger partial charge in [-0.25, -0.2) is 0 Å². The average Bonchev–Trinajstić information content (AvgIpc) is 2.87. The van der Waals surface area contributed by atoms with Crippen LogP contribution in [0.15, 0.2) is 18.2 Å². The van der Waals surface area contributed by atoms with Crippen molar-refractivity contribution in [3.63, 3.8) is 0 Å². The minimum Gasteiger partial charge on any atom is -0.489 e. The summed E-state index contributed by atoms with van der Waals surface area (Å²) in [6.07, 6.45) is 1.48. The molecule has 3 heteroatoms. The molecule has 2 aliphatic heterocycles. The molecule has 2 N–H and O–H groups in total. The largest absolute Gasteiger partial charge is 0.489 e. The van der Waals surface area contributed by atoms with Crippen LogP contribution in [-0.2, 0) is 13.1 Å². The highest BCUT2D eigenvalue weighted by molar-refractivity contribution is 5.42. The van der Waals surface area contributed by atoms with Crippen LogP contribution in [0, 0.1) is 0 Å². The summed E-state index contributed by atoms with van der Waals surface area (Å²) in [5.41, 5.74) is 2.74. The Kier molecular flexibility index (Phi) is 2.35. The predicted molar refractivity (Wildman–Crippen MR) is 58.9 cm³/mol. The Morgan fingerprint density at radius 1 is 1.20 bits per heavy atom. The van der Waals surface area contributed by atoms with Crippen molar-refractivity contribution in [2.45, 2.75) is 25.6 Å². The van der Waals surface area contributed by atoms with Crippen LogP contribution in [0.1, 0.15) is 17.5 Å². The van der Waals surface area contributed by atoms with Gasteiger partial charge in [0.1, 0.15) is 11.9 Å². The van der Waals surface area contributed by atoms with E-state index in [-0.39, 0.29) is 0 Å². The third-order valence-electron chi connectivity index (χ3n) is 3.16. The molecule has 2 heterocycles. The fourth-order valence-corrected chi connectivity index (χ4v) is 2.32. The van der Waals surface area contributed by atoms with Gasteiger partial charge < -0.3 is 15.4 Å². The van der Waals surface area contributed by atoms with Crippen molar-refractivity contribution in [2.24, 2.45) is 0 Å². The van der Waals surface area contributed by atoms with Crippen LogP contribution >= 0.6 is 0 Å². The molecule has 3 rings (SSSR count). The van der Waals surface area contributed by atoms with E-state index < -0.39 is 0 Å². The first-order valence-electron chi connectivity index (χ1n) is 5.62. The van der Waals surface area contributed by atoms with Crippen LogP contribution < -0.4 is 15.4 Å². The lowest BCUT2D eigenvalue weighted by Crippen LogP contribution is -2.20. The van der Waals surface area contributed by atoms with Crippen LogP contribution in [0.3, 0.4) is 0 Å². The molecule has 0 radical (unpaired) electrons. The first-order chi connectivity index (χ1) is 7.43. The van der Waals surface area contributed by atoms with Gasteiger partial charge in [0.15, 0.2) is 0 Å². The number of ether oxygens (including phenoxy) is 1. The Morgan fingerprint density at radius 2 is 2.20 bits per heavy atom. The maximum atomic E-state index is 6.02. The molecule has 80 valence electrons. The van der Waals surface area contributed by atoms with Crippen LogP contribution in [0.4, 0.5) is 0 Å². The second-order valence-electron chi connectivity index (χ2n) is 4.23. The first-order valence-corrected chi connectivity index (χ1v) is 5.62. The number of hydrogen-bond acceptors (Lipinski definition) is 3. The molecule has 0 bridgehead atoms. The molecule has 1 fully saturated rings. The van der Waals surface area contributed by atoms with E-state index in [2.05, 4.69) is 28.8 Å². The molecule has 1 saturated heterocycles. The third kappa shape index (κ3) is 1.73. The lowest BCUT2D eigenvalue weighted by Gasteiger charge is -2.15. The van der Waals surface area contributed by atoms with Crippen molar-refractivity contribution in [1.29, 1.82) is 0 Å². The molecule has 0 spiro atoms. The Bertz CT molecular complexity index is 359. The van der Waals surface area contributed by atoms with Crippen LogP contribution in [0.5, 0.6) is 5.75 Å². The summed E-state index contributed by atoms with van der Waals surface area (Å²) in [6, 6.07) is 6.35. The van der Waals surface area contributed by atoms with Gasteiger partial charge in [-0.05, 0) is 24.6 Å². The SMILES string of the molecule is c1cc2c(c(OC3CCNC3)c1)CNC2. The molecule has 0 saturated carbocycles. The summed E-state index contributed by atoms with van der Waals surface area (Å²) < 4.78 is 6.02. The maximum Gasteiger partial charge on any atom is 0.124 e. The maximum absolute atomic E-state index is 6.02. The molecule has 1 aromatic rings. The second-order valence-corrected chi connectivity index (χ2v) is 4.23. The average molecular weight is 204 g/mol. The van der Waals surface area contributed by atoms with E-state index in [0.717, 1.165) is 38.3 Å². The zero-order chi connectivity index (χ0) is 10.1. The topological polar surface area (TPSA) is 33.3 Å². The summed E-state index contributed by atoms with van der Waals surface area (Å²) in [7, 11) is 0. The quantitative estimate of drug-likeness (QED) is 0.755. The molecule has 1 atom stereocenters. The zero-order valence-electron chi connectivity index (χ0n) is 8.75. The van der Waals surface area contributed by atoms with Crippen molar-refractivity contribution in [3.05, 3.63) is 29.3 Å². The molecule has 1 unspecified atom stereocenters. The smallest absolute Gasteiger partial charge is 0.124 e. The van der Waals surface area contributed by atoms with E-state index in [0.29, 0.717) is 6.10 Å².